The Hall–Kier alpha value is -0.160. The molecule has 0 amide bonds. The van der Waals surface area contributed by atoms with Crippen molar-refractivity contribution < 1.29 is 4.74 Å². The van der Waals surface area contributed by atoms with Gasteiger partial charge in [-0.25, -0.2) is 0 Å². The molecule has 0 radical (unpaired) electrons. The minimum atomic E-state index is 0.178. The van der Waals surface area contributed by atoms with Crippen LogP contribution in [0.5, 0.6) is 0 Å². The number of nitrogens with zero attached hydrogens (tertiary/aromatic N) is 2. The molecule has 0 bridgehead atoms. The van der Waals surface area contributed by atoms with Gasteiger partial charge in [-0.15, -0.1) is 0 Å². The normalized spacial score (nSPS) is 26.1. The Bertz CT molecular complexity index is 248. The number of methoxy groups -OCH3 is 1. The van der Waals surface area contributed by atoms with E-state index in [2.05, 4.69) is 30.6 Å². The van der Waals surface area contributed by atoms with Crippen LogP contribution in [0.2, 0.25) is 0 Å². The van der Waals surface area contributed by atoms with Crippen molar-refractivity contribution in [1.82, 2.24) is 9.80 Å². The van der Waals surface area contributed by atoms with Crippen LogP contribution in [0, 0.1) is 0 Å². The van der Waals surface area contributed by atoms with E-state index in [4.69, 9.17) is 10.5 Å². The van der Waals surface area contributed by atoms with Crippen molar-refractivity contribution >= 4 is 0 Å². The molecule has 4 nitrogen and oxygen atoms in total. The summed E-state index contributed by atoms with van der Waals surface area (Å²) in [6, 6.07) is 0.641. The minimum absolute atomic E-state index is 0.178. The lowest BCUT2D eigenvalue weighted by atomic mass is 9.88. The largest absolute Gasteiger partial charge is 0.383 e. The highest BCUT2D eigenvalue weighted by atomic mass is 16.5. The number of hydrogen-bond acceptors (Lipinski definition) is 4. The van der Waals surface area contributed by atoms with Crippen LogP contribution in [0.3, 0.4) is 0 Å². The van der Waals surface area contributed by atoms with Gasteiger partial charge in [0, 0.05) is 38.3 Å². The molecule has 4 heteroatoms. The summed E-state index contributed by atoms with van der Waals surface area (Å²) in [5, 5.41) is 0. The lowest BCUT2D eigenvalue weighted by Crippen LogP contribution is -2.55. The van der Waals surface area contributed by atoms with Crippen LogP contribution in [0.15, 0.2) is 0 Å². The van der Waals surface area contributed by atoms with Gasteiger partial charge >= 0.3 is 0 Å². The number of nitrogens with two attached hydrogens (primary N) is 1. The number of ether oxygens (including phenoxy) is 1. The van der Waals surface area contributed by atoms with E-state index in [-0.39, 0.29) is 5.54 Å². The topological polar surface area (TPSA) is 41.7 Å². The molecule has 0 aliphatic carbocycles. The monoisotopic (exact) mass is 271 g/mol. The number of rotatable bonds is 7. The Kier molecular flexibility index (Phi) is 7.29. The van der Waals surface area contributed by atoms with Crippen LogP contribution in [0.4, 0.5) is 0 Å². The van der Waals surface area contributed by atoms with E-state index < -0.39 is 0 Å². The first-order chi connectivity index (χ1) is 9.09. The first kappa shape index (κ1) is 16.9. The highest BCUT2D eigenvalue weighted by Crippen LogP contribution is 2.28. The zero-order chi connectivity index (χ0) is 14.3. The lowest BCUT2D eigenvalue weighted by Gasteiger charge is -2.43. The van der Waals surface area contributed by atoms with Crippen molar-refractivity contribution in [2.75, 3.05) is 46.4 Å². The maximum absolute atomic E-state index is 6.18. The third-order valence-electron chi connectivity index (χ3n) is 4.68. The second-order valence-electron chi connectivity index (χ2n) is 5.98. The molecule has 0 spiro atoms. The van der Waals surface area contributed by atoms with Gasteiger partial charge in [-0.05, 0) is 46.2 Å². The van der Waals surface area contributed by atoms with E-state index >= 15 is 0 Å². The van der Waals surface area contributed by atoms with Crippen molar-refractivity contribution in [3.8, 4) is 0 Å². The van der Waals surface area contributed by atoms with E-state index in [1.165, 1.54) is 32.4 Å². The van der Waals surface area contributed by atoms with Gasteiger partial charge in [-0.3, -0.25) is 4.90 Å². The summed E-state index contributed by atoms with van der Waals surface area (Å²) in [4.78, 5) is 5.13. The van der Waals surface area contributed by atoms with Crippen molar-refractivity contribution in [1.29, 1.82) is 0 Å². The van der Waals surface area contributed by atoms with Crippen LogP contribution in [-0.4, -0.2) is 67.8 Å². The van der Waals surface area contributed by atoms with Crippen molar-refractivity contribution in [2.45, 2.75) is 51.6 Å². The van der Waals surface area contributed by atoms with E-state index in [0.29, 0.717) is 6.04 Å². The maximum atomic E-state index is 6.18. The van der Waals surface area contributed by atoms with Gasteiger partial charge < -0.3 is 15.4 Å². The summed E-state index contributed by atoms with van der Waals surface area (Å²) >= 11 is 0. The van der Waals surface area contributed by atoms with Gasteiger partial charge in [-0.2, -0.15) is 0 Å². The van der Waals surface area contributed by atoms with Crippen LogP contribution >= 0.6 is 0 Å². The third-order valence-corrected chi connectivity index (χ3v) is 4.68. The Morgan fingerprint density at radius 1 is 1.32 bits per heavy atom. The molecule has 2 N–H and O–H groups in total. The van der Waals surface area contributed by atoms with Crippen LogP contribution < -0.4 is 5.73 Å². The van der Waals surface area contributed by atoms with Gasteiger partial charge in [0.2, 0.25) is 0 Å². The molecule has 0 saturated carbocycles. The van der Waals surface area contributed by atoms with E-state index in [0.717, 1.165) is 26.2 Å². The Labute approximate surface area is 119 Å². The van der Waals surface area contributed by atoms with Crippen molar-refractivity contribution in [3.63, 3.8) is 0 Å². The average Bonchev–Trinajstić information content (AvgIpc) is 2.63. The molecule has 1 saturated heterocycles. The number of likely N-dealkylation sites (N-methyl/N-ethyl adjacent to an activating group) is 1. The molecular weight excluding hydrogens is 238 g/mol. The van der Waals surface area contributed by atoms with E-state index in [9.17, 15) is 0 Å². The summed E-state index contributed by atoms with van der Waals surface area (Å²) in [6.07, 6.45) is 3.64. The molecular formula is C15H33N3O. The second kappa shape index (κ2) is 8.20. The summed E-state index contributed by atoms with van der Waals surface area (Å²) in [7, 11) is 1.77. The molecule has 1 heterocycles. The first-order valence-corrected chi connectivity index (χ1v) is 7.77. The third kappa shape index (κ3) is 4.42. The number of likely N-dealkylation sites (tertiary alicyclic amines) is 1. The van der Waals surface area contributed by atoms with Crippen molar-refractivity contribution in [2.24, 2.45) is 5.73 Å². The Morgan fingerprint density at radius 2 is 2.05 bits per heavy atom. The smallest absolute Gasteiger partial charge is 0.0589 e. The maximum Gasteiger partial charge on any atom is 0.0589 e. The van der Waals surface area contributed by atoms with Gasteiger partial charge in [0.25, 0.3) is 0 Å². The quantitative estimate of drug-likeness (QED) is 0.763. The fourth-order valence-electron chi connectivity index (χ4n) is 3.30. The lowest BCUT2D eigenvalue weighted by molar-refractivity contribution is 0.0525. The molecule has 0 aromatic heterocycles. The summed E-state index contributed by atoms with van der Waals surface area (Å²) < 4.78 is 5.25. The number of hydrogen-bond donors (Lipinski definition) is 1. The Balaban J connectivity index is 2.72. The predicted octanol–water partition coefficient (Wildman–Crippen LogP) is 1.55. The molecule has 1 rings (SSSR count). The van der Waals surface area contributed by atoms with Crippen molar-refractivity contribution in [3.05, 3.63) is 0 Å². The SMILES string of the molecule is CCN(CCOC)C1(CN)CCCN(C(C)C)CC1. The van der Waals surface area contributed by atoms with Gasteiger partial charge in [0.1, 0.15) is 0 Å². The molecule has 1 aliphatic heterocycles. The highest BCUT2D eigenvalue weighted by Gasteiger charge is 2.36. The van der Waals surface area contributed by atoms with E-state index in [1.54, 1.807) is 7.11 Å². The summed E-state index contributed by atoms with van der Waals surface area (Å²) in [6.45, 7) is 12.8. The zero-order valence-corrected chi connectivity index (χ0v) is 13.3. The van der Waals surface area contributed by atoms with Crippen LogP contribution in [0.1, 0.15) is 40.0 Å². The molecule has 19 heavy (non-hydrogen) atoms. The molecule has 0 aromatic rings. The molecule has 114 valence electrons. The first-order valence-electron chi connectivity index (χ1n) is 7.77. The van der Waals surface area contributed by atoms with E-state index in [1.807, 2.05) is 0 Å². The molecule has 0 aromatic carbocycles. The molecule has 1 unspecified atom stereocenters. The zero-order valence-electron chi connectivity index (χ0n) is 13.3. The van der Waals surface area contributed by atoms with Crippen LogP contribution in [0.25, 0.3) is 0 Å². The van der Waals surface area contributed by atoms with Gasteiger partial charge in [0.15, 0.2) is 0 Å². The second-order valence-corrected chi connectivity index (χ2v) is 5.98. The summed E-state index contributed by atoms with van der Waals surface area (Å²) in [5.41, 5.74) is 6.35. The van der Waals surface area contributed by atoms with Crippen LogP contribution in [-0.2, 0) is 4.74 Å². The Morgan fingerprint density at radius 3 is 2.58 bits per heavy atom. The fourth-order valence-corrected chi connectivity index (χ4v) is 3.30. The fraction of sp³-hybridized carbons (Fsp3) is 1.00. The molecule has 1 fully saturated rings. The van der Waals surface area contributed by atoms with Gasteiger partial charge in [-0.1, -0.05) is 6.92 Å². The molecule has 1 atom stereocenters. The minimum Gasteiger partial charge on any atom is -0.383 e. The summed E-state index contributed by atoms with van der Waals surface area (Å²) in [5.74, 6) is 0. The van der Waals surface area contributed by atoms with Gasteiger partial charge in [0.05, 0.1) is 6.61 Å². The predicted molar refractivity (Wildman–Crippen MR) is 81.5 cm³/mol. The standard InChI is InChI=1S/C15H33N3O/c1-5-18(11-12-19-4)15(13-16)7-6-9-17(10-8-15)14(2)3/h14H,5-13,16H2,1-4H3. The highest BCUT2D eigenvalue weighted by molar-refractivity contribution is 4.94. The molecule has 1 aliphatic rings. The average molecular weight is 271 g/mol.